The number of quaternary nitrogens is 1. The van der Waals surface area contributed by atoms with Crippen molar-refractivity contribution in [3.8, 4) is 11.1 Å². The molecule has 0 aliphatic carbocycles. The van der Waals surface area contributed by atoms with Crippen molar-refractivity contribution in [1.82, 2.24) is 5.01 Å². The van der Waals surface area contributed by atoms with Gasteiger partial charge in [-0.25, -0.2) is 0 Å². The van der Waals surface area contributed by atoms with Crippen molar-refractivity contribution in [3.05, 3.63) is 108 Å². The van der Waals surface area contributed by atoms with Gasteiger partial charge in [0.15, 0.2) is 0 Å². The van der Waals surface area contributed by atoms with Gasteiger partial charge in [0.1, 0.15) is 6.54 Å². The van der Waals surface area contributed by atoms with Gasteiger partial charge in [-0.05, 0) is 27.5 Å². The Morgan fingerprint density at radius 2 is 1.39 bits per heavy atom. The number of fused-ring (bicyclic) bond motifs is 1. The monoisotopic (exact) mass is 406 g/mol. The van der Waals surface area contributed by atoms with Crippen molar-refractivity contribution in [1.29, 1.82) is 0 Å². The summed E-state index contributed by atoms with van der Waals surface area (Å²) in [6.07, 6.45) is 1.99. The highest BCUT2D eigenvalue weighted by atomic mass is 15.5. The zero-order valence-electron chi connectivity index (χ0n) is 17.7. The standard InChI is InChI=1S/C28H27N3/c1-2-7-24(8-3-1)25-15-13-23(14-16-25)21-29-31-19-17-30(18-20-31)22-27-11-6-10-26-9-4-5-12-28(26)27/h1-16,21H,17-20,22H2/p+1/b29-21-. The molecule has 1 aliphatic heterocycles. The highest BCUT2D eigenvalue weighted by Gasteiger charge is 2.19. The summed E-state index contributed by atoms with van der Waals surface area (Å²) >= 11 is 0. The Morgan fingerprint density at radius 3 is 2.19 bits per heavy atom. The van der Waals surface area contributed by atoms with E-state index in [1.807, 2.05) is 12.3 Å². The molecule has 31 heavy (non-hydrogen) atoms. The van der Waals surface area contributed by atoms with Crippen molar-refractivity contribution >= 4 is 17.0 Å². The predicted octanol–water partition coefficient (Wildman–Crippen LogP) is 4.24. The average molecular weight is 407 g/mol. The lowest BCUT2D eigenvalue weighted by Gasteiger charge is -2.30. The van der Waals surface area contributed by atoms with Crippen molar-refractivity contribution in [3.63, 3.8) is 0 Å². The van der Waals surface area contributed by atoms with Crippen LogP contribution in [0.5, 0.6) is 0 Å². The van der Waals surface area contributed by atoms with Gasteiger partial charge in [-0.3, -0.25) is 5.01 Å². The quantitative estimate of drug-likeness (QED) is 0.492. The molecule has 0 aromatic heterocycles. The van der Waals surface area contributed by atoms with Gasteiger partial charge in [0.25, 0.3) is 0 Å². The summed E-state index contributed by atoms with van der Waals surface area (Å²) in [6, 6.07) is 34.5. The van der Waals surface area contributed by atoms with Gasteiger partial charge < -0.3 is 4.90 Å². The Bertz CT molecular complexity index is 1150. The second kappa shape index (κ2) is 9.15. The zero-order valence-corrected chi connectivity index (χ0v) is 17.7. The van der Waals surface area contributed by atoms with Crippen molar-refractivity contribution in [2.45, 2.75) is 6.54 Å². The van der Waals surface area contributed by atoms with E-state index in [1.165, 1.54) is 27.5 Å². The minimum absolute atomic E-state index is 0.999. The molecule has 1 heterocycles. The third kappa shape index (κ3) is 4.68. The highest BCUT2D eigenvalue weighted by molar-refractivity contribution is 5.85. The molecular weight excluding hydrogens is 378 g/mol. The summed E-state index contributed by atoms with van der Waals surface area (Å²) in [5.41, 5.74) is 5.08. The maximum Gasteiger partial charge on any atom is 0.104 e. The van der Waals surface area contributed by atoms with Gasteiger partial charge in [-0.2, -0.15) is 5.10 Å². The summed E-state index contributed by atoms with van der Waals surface area (Å²) in [7, 11) is 0. The molecule has 0 bridgehead atoms. The van der Waals surface area contributed by atoms with Gasteiger partial charge in [0.05, 0.1) is 32.4 Å². The van der Waals surface area contributed by atoms with Crippen LogP contribution >= 0.6 is 0 Å². The van der Waals surface area contributed by atoms with Crippen LogP contribution in [0.1, 0.15) is 11.1 Å². The predicted molar refractivity (Wildman–Crippen MR) is 129 cm³/mol. The van der Waals surface area contributed by atoms with Crippen LogP contribution in [0.15, 0.2) is 102 Å². The van der Waals surface area contributed by atoms with E-state index in [4.69, 9.17) is 5.10 Å². The summed E-state index contributed by atoms with van der Waals surface area (Å²) < 4.78 is 0. The molecular formula is C28H28N3+. The maximum atomic E-state index is 4.74. The largest absolute Gasteiger partial charge is 0.328 e. The van der Waals surface area contributed by atoms with Gasteiger partial charge in [0, 0.05) is 5.56 Å². The summed E-state index contributed by atoms with van der Waals surface area (Å²) in [5, 5.41) is 9.67. The number of hydrogen-bond acceptors (Lipinski definition) is 2. The van der Waals surface area contributed by atoms with E-state index in [9.17, 15) is 0 Å². The van der Waals surface area contributed by atoms with E-state index < -0.39 is 0 Å². The molecule has 1 saturated heterocycles. The van der Waals surface area contributed by atoms with Crippen LogP contribution in [0.4, 0.5) is 0 Å². The van der Waals surface area contributed by atoms with E-state index in [0.717, 1.165) is 38.3 Å². The second-order valence-corrected chi connectivity index (χ2v) is 8.25. The number of hydrogen-bond donors (Lipinski definition) is 1. The topological polar surface area (TPSA) is 20.0 Å². The Balaban J connectivity index is 1.17. The minimum Gasteiger partial charge on any atom is -0.328 e. The van der Waals surface area contributed by atoms with E-state index in [2.05, 4.69) is 96.0 Å². The smallest absolute Gasteiger partial charge is 0.104 e. The molecule has 0 radical (unpaired) electrons. The average Bonchev–Trinajstić information content (AvgIpc) is 2.85. The molecule has 1 fully saturated rings. The fraction of sp³-hybridized carbons (Fsp3) is 0.179. The molecule has 3 heteroatoms. The van der Waals surface area contributed by atoms with Crippen LogP contribution in [-0.2, 0) is 6.54 Å². The van der Waals surface area contributed by atoms with Gasteiger partial charge in [-0.15, -0.1) is 0 Å². The molecule has 3 nitrogen and oxygen atoms in total. The van der Waals surface area contributed by atoms with Crippen LogP contribution < -0.4 is 4.90 Å². The molecule has 0 unspecified atom stereocenters. The normalized spacial score (nSPS) is 15.0. The van der Waals surface area contributed by atoms with Crippen LogP contribution in [-0.4, -0.2) is 37.4 Å². The van der Waals surface area contributed by atoms with Crippen LogP contribution in [0.25, 0.3) is 21.9 Å². The molecule has 0 spiro atoms. The van der Waals surface area contributed by atoms with Crippen molar-refractivity contribution < 1.29 is 4.90 Å². The van der Waals surface area contributed by atoms with Gasteiger partial charge in [-0.1, -0.05) is 97.1 Å². The first kappa shape index (κ1) is 19.5. The van der Waals surface area contributed by atoms with Crippen LogP contribution in [0, 0.1) is 0 Å². The first-order valence-corrected chi connectivity index (χ1v) is 11.1. The van der Waals surface area contributed by atoms with Crippen molar-refractivity contribution in [2.75, 3.05) is 26.2 Å². The molecule has 0 amide bonds. The maximum absolute atomic E-state index is 4.74. The molecule has 4 aromatic carbocycles. The first-order chi connectivity index (χ1) is 15.3. The Kier molecular flexibility index (Phi) is 5.76. The van der Waals surface area contributed by atoms with Gasteiger partial charge >= 0.3 is 0 Å². The minimum atomic E-state index is 0.999. The SMILES string of the molecule is C(=N/N1CC[NH+](Cc2cccc3ccccc23)CC1)/c1ccc(-c2ccccc2)cc1. The number of hydrazone groups is 1. The summed E-state index contributed by atoms with van der Waals surface area (Å²) in [5.74, 6) is 0. The number of nitrogens with zero attached hydrogens (tertiary/aromatic N) is 2. The van der Waals surface area contributed by atoms with Crippen molar-refractivity contribution in [2.24, 2.45) is 5.10 Å². The van der Waals surface area contributed by atoms with E-state index in [-0.39, 0.29) is 0 Å². The molecule has 1 aliphatic rings. The number of benzene rings is 4. The number of rotatable bonds is 5. The van der Waals surface area contributed by atoms with E-state index in [0.29, 0.717) is 0 Å². The fourth-order valence-electron chi connectivity index (χ4n) is 4.36. The molecule has 4 aromatic rings. The lowest BCUT2D eigenvalue weighted by molar-refractivity contribution is -0.918. The Morgan fingerprint density at radius 1 is 0.710 bits per heavy atom. The molecule has 0 saturated carbocycles. The van der Waals surface area contributed by atoms with E-state index >= 15 is 0 Å². The Hall–Kier alpha value is -3.43. The fourth-order valence-corrected chi connectivity index (χ4v) is 4.36. The zero-order chi connectivity index (χ0) is 20.9. The third-order valence-electron chi connectivity index (χ3n) is 6.16. The molecule has 1 N–H and O–H groups in total. The van der Waals surface area contributed by atoms with Gasteiger partial charge in [0.2, 0.25) is 0 Å². The first-order valence-electron chi connectivity index (χ1n) is 11.1. The number of piperazine rings is 1. The van der Waals surface area contributed by atoms with E-state index in [1.54, 1.807) is 4.90 Å². The van der Waals surface area contributed by atoms with Crippen LogP contribution in [0.2, 0.25) is 0 Å². The summed E-state index contributed by atoms with van der Waals surface area (Å²) in [6.45, 7) is 5.32. The molecule has 5 rings (SSSR count). The Labute approximate surface area is 184 Å². The third-order valence-corrected chi connectivity index (χ3v) is 6.16. The highest BCUT2D eigenvalue weighted by Crippen LogP contribution is 2.19. The summed E-state index contributed by atoms with van der Waals surface area (Å²) in [4.78, 5) is 1.63. The molecule has 0 atom stereocenters. The second-order valence-electron chi connectivity index (χ2n) is 8.25. The number of nitrogens with one attached hydrogen (secondary N) is 1. The lowest BCUT2D eigenvalue weighted by atomic mass is 10.0. The van der Waals surface area contributed by atoms with Crippen LogP contribution in [0.3, 0.4) is 0 Å². The lowest BCUT2D eigenvalue weighted by Crippen LogP contribution is -3.13. The molecule has 154 valence electrons.